The van der Waals surface area contributed by atoms with Gasteiger partial charge < -0.3 is 4.74 Å². The highest BCUT2D eigenvalue weighted by Crippen LogP contribution is 2.28. The van der Waals surface area contributed by atoms with E-state index < -0.39 is 10.4 Å². The van der Waals surface area contributed by atoms with Gasteiger partial charge in [-0.2, -0.15) is 0 Å². The summed E-state index contributed by atoms with van der Waals surface area (Å²) in [6, 6.07) is 19.1. The summed E-state index contributed by atoms with van der Waals surface area (Å²) in [7, 11) is 0. The highest BCUT2D eigenvalue weighted by Gasteiger charge is 2.35. The number of para-hydroxylation sites is 1. The van der Waals surface area contributed by atoms with Crippen molar-refractivity contribution in [3.63, 3.8) is 0 Å². The topological polar surface area (TPSA) is 26.3 Å². The second kappa shape index (κ2) is 6.23. The minimum atomic E-state index is -0.667. The van der Waals surface area contributed by atoms with Crippen LogP contribution in [0.4, 0.5) is 0 Å². The third kappa shape index (κ3) is 3.28. The molecule has 0 aliphatic rings. The van der Waals surface area contributed by atoms with Crippen LogP contribution in [-0.2, 0) is 10.2 Å². The van der Waals surface area contributed by atoms with Crippen molar-refractivity contribution >= 4 is 21.7 Å². The molecule has 20 heavy (non-hydrogen) atoms. The Kier molecular flexibility index (Phi) is 4.61. The van der Waals surface area contributed by atoms with Crippen molar-refractivity contribution in [3.8, 4) is 5.75 Å². The molecule has 0 fully saturated rings. The number of rotatable bonds is 5. The van der Waals surface area contributed by atoms with Crippen molar-refractivity contribution in [1.29, 1.82) is 0 Å². The Bertz CT molecular complexity index is 564. The molecule has 0 aromatic heterocycles. The maximum Gasteiger partial charge on any atom is 0.211 e. The van der Waals surface area contributed by atoms with Crippen LogP contribution < -0.4 is 4.74 Å². The molecule has 0 aliphatic heterocycles. The third-order valence-electron chi connectivity index (χ3n) is 3.30. The van der Waals surface area contributed by atoms with Gasteiger partial charge in [-0.05, 0) is 47.5 Å². The van der Waals surface area contributed by atoms with Crippen LogP contribution >= 0.6 is 15.9 Å². The zero-order chi connectivity index (χ0) is 14.6. The van der Waals surface area contributed by atoms with E-state index in [1.807, 2.05) is 74.5 Å². The van der Waals surface area contributed by atoms with E-state index in [1.165, 1.54) is 0 Å². The summed E-state index contributed by atoms with van der Waals surface area (Å²) in [5.41, 5.74) is 0.371. The van der Waals surface area contributed by atoms with Gasteiger partial charge in [-0.1, -0.05) is 48.5 Å². The van der Waals surface area contributed by atoms with Gasteiger partial charge in [-0.25, -0.2) is 0 Å². The zero-order valence-electron chi connectivity index (χ0n) is 11.5. The normalized spacial score (nSPS) is 12.8. The van der Waals surface area contributed by atoms with Gasteiger partial charge in [0.25, 0.3) is 0 Å². The first kappa shape index (κ1) is 14.8. The molecule has 0 heterocycles. The van der Waals surface area contributed by atoms with Gasteiger partial charge in [-0.15, -0.1) is 0 Å². The van der Waals surface area contributed by atoms with E-state index in [0.717, 1.165) is 5.56 Å². The molecule has 0 saturated heterocycles. The number of carbonyl (C=O) groups is 1. The molecule has 0 aliphatic carbocycles. The number of hydrogen-bond acceptors (Lipinski definition) is 2. The number of ether oxygens (including phenoxy) is 1. The van der Waals surface area contributed by atoms with E-state index in [2.05, 4.69) is 15.9 Å². The van der Waals surface area contributed by atoms with Gasteiger partial charge in [-0.3, -0.25) is 4.79 Å². The van der Waals surface area contributed by atoms with Gasteiger partial charge >= 0.3 is 0 Å². The number of ketones is 1. The summed E-state index contributed by atoms with van der Waals surface area (Å²) < 4.78 is 5.65. The predicted octanol–water partition coefficient (Wildman–Crippen LogP) is 4.33. The molecule has 2 rings (SSSR count). The molecule has 0 amide bonds. The predicted molar refractivity (Wildman–Crippen MR) is 84.3 cm³/mol. The molecular weight excluding hydrogens is 316 g/mol. The van der Waals surface area contributed by atoms with Crippen LogP contribution in [0, 0.1) is 0 Å². The summed E-state index contributed by atoms with van der Waals surface area (Å²) in [5, 5.41) is -0.667. The number of benzene rings is 2. The molecule has 2 aromatic rings. The van der Waals surface area contributed by atoms with E-state index >= 15 is 0 Å². The van der Waals surface area contributed by atoms with Gasteiger partial charge in [0.15, 0.2) is 5.78 Å². The second-order valence-electron chi connectivity index (χ2n) is 5.10. The molecule has 2 aromatic carbocycles. The van der Waals surface area contributed by atoms with Crippen LogP contribution in [0.25, 0.3) is 0 Å². The molecule has 0 saturated carbocycles. The molecule has 3 heteroatoms. The van der Waals surface area contributed by atoms with Crippen LogP contribution in [0.3, 0.4) is 0 Å². The molecule has 2 nitrogen and oxygen atoms in total. The lowest BCUT2D eigenvalue weighted by molar-refractivity contribution is -0.126. The number of hydrogen-bond donors (Lipinski definition) is 0. The molecule has 0 bridgehead atoms. The number of alkyl halides is 1. The van der Waals surface area contributed by atoms with Crippen molar-refractivity contribution in [3.05, 3.63) is 66.2 Å². The molecule has 104 valence electrons. The van der Waals surface area contributed by atoms with Crippen molar-refractivity contribution < 1.29 is 9.53 Å². The van der Waals surface area contributed by atoms with Gasteiger partial charge in [0.05, 0.1) is 5.41 Å². The fourth-order valence-electron chi connectivity index (χ4n) is 1.95. The number of halogens is 1. The van der Waals surface area contributed by atoms with E-state index in [4.69, 9.17) is 4.74 Å². The Balaban J connectivity index is 2.14. The highest BCUT2D eigenvalue weighted by molar-refractivity contribution is 9.09. The highest BCUT2D eigenvalue weighted by atomic mass is 79.9. The maximum atomic E-state index is 12.6. The lowest BCUT2D eigenvalue weighted by Gasteiger charge is -2.26. The Morgan fingerprint density at radius 1 is 1.00 bits per heavy atom. The van der Waals surface area contributed by atoms with Crippen LogP contribution in [0.5, 0.6) is 5.75 Å². The Morgan fingerprint density at radius 3 is 2.05 bits per heavy atom. The van der Waals surface area contributed by atoms with Crippen LogP contribution in [0.2, 0.25) is 0 Å². The SMILES string of the molecule is CC(C)(C(=O)C(Br)Oc1ccccc1)c1ccccc1. The zero-order valence-corrected chi connectivity index (χ0v) is 13.1. The molecule has 0 N–H and O–H groups in total. The molecular formula is C17H17BrO2. The summed E-state index contributed by atoms with van der Waals surface area (Å²) in [6.07, 6.45) is 0. The van der Waals surface area contributed by atoms with Gasteiger partial charge in [0, 0.05) is 0 Å². The average Bonchev–Trinajstić information content (AvgIpc) is 2.48. The fraction of sp³-hybridized carbons (Fsp3) is 0.235. The Labute approximate surface area is 127 Å². The Morgan fingerprint density at radius 2 is 1.50 bits per heavy atom. The van der Waals surface area contributed by atoms with Crippen LogP contribution in [0.1, 0.15) is 19.4 Å². The number of Topliss-reactive ketones (excluding diaryl/α,β-unsaturated/α-hetero) is 1. The molecule has 1 atom stereocenters. The van der Waals surface area contributed by atoms with Crippen molar-refractivity contribution in [2.75, 3.05) is 0 Å². The third-order valence-corrected chi connectivity index (χ3v) is 3.90. The smallest absolute Gasteiger partial charge is 0.211 e. The minimum Gasteiger partial charge on any atom is -0.471 e. The summed E-state index contributed by atoms with van der Waals surface area (Å²) in [4.78, 5) is 12.6. The molecule has 0 radical (unpaired) electrons. The van der Waals surface area contributed by atoms with E-state index in [9.17, 15) is 4.79 Å². The van der Waals surface area contributed by atoms with Crippen LogP contribution in [0.15, 0.2) is 60.7 Å². The first-order valence-corrected chi connectivity index (χ1v) is 7.39. The van der Waals surface area contributed by atoms with Gasteiger partial charge in [0.1, 0.15) is 5.75 Å². The van der Waals surface area contributed by atoms with Crippen molar-refractivity contribution in [2.45, 2.75) is 24.3 Å². The monoisotopic (exact) mass is 332 g/mol. The lowest BCUT2D eigenvalue weighted by atomic mass is 9.81. The first-order chi connectivity index (χ1) is 9.51. The Hall–Kier alpha value is -1.61. The van der Waals surface area contributed by atoms with Crippen molar-refractivity contribution in [2.24, 2.45) is 0 Å². The summed E-state index contributed by atoms with van der Waals surface area (Å²) in [6.45, 7) is 3.82. The lowest BCUT2D eigenvalue weighted by Crippen LogP contribution is -2.37. The second-order valence-corrected chi connectivity index (χ2v) is 5.93. The van der Waals surface area contributed by atoms with Crippen molar-refractivity contribution in [1.82, 2.24) is 0 Å². The average molecular weight is 333 g/mol. The first-order valence-electron chi connectivity index (χ1n) is 6.47. The van der Waals surface area contributed by atoms with Gasteiger partial charge in [0.2, 0.25) is 5.01 Å². The van der Waals surface area contributed by atoms with E-state index in [0.29, 0.717) is 5.75 Å². The molecule has 0 spiro atoms. The standard InChI is InChI=1S/C17H17BrO2/c1-17(2,13-9-5-3-6-10-13)15(19)16(18)20-14-11-7-4-8-12-14/h3-12,16H,1-2H3. The maximum absolute atomic E-state index is 12.6. The summed E-state index contributed by atoms with van der Waals surface area (Å²) in [5.74, 6) is 0.666. The summed E-state index contributed by atoms with van der Waals surface area (Å²) >= 11 is 3.34. The number of carbonyl (C=O) groups excluding carboxylic acids is 1. The van der Waals surface area contributed by atoms with E-state index in [-0.39, 0.29) is 5.78 Å². The quantitative estimate of drug-likeness (QED) is 0.761. The van der Waals surface area contributed by atoms with E-state index in [1.54, 1.807) is 0 Å². The fourth-order valence-corrected chi connectivity index (χ4v) is 2.74. The molecule has 1 unspecified atom stereocenters. The largest absolute Gasteiger partial charge is 0.471 e. The van der Waals surface area contributed by atoms with Crippen LogP contribution in [-0.4, -0.2) is 10.8 Å². The minimum absolute atomic E-state index is 0.00690.